The van der Waals surface area contributed by atoms with Crippen LogP contribution in [0.25, 0.3) is 5.82 Å². The van der Waals surface area contributed by atoms with Gasteiger partial charge in [0.25, 0.3) is 5.91 Å². The molecule has 4 rings (SSSR count). The van der Waals surface area contributed by atoms with Crippen LogP contribution in [0.15, 0.2) is 53.9 Å². The van der Waals surface area contributed by atoms with Crippen molar-refractivity contribution in [2.75, 3.05) is 11.1 Å². The molecule has 158 valence electrons. The fourth-order valence-corrected chi connectivity index (χ4v) is 3.41. The normalized spacial score (nSPS) is 12.9. The Labute approximate surface area is 182 Å². The molecular weight excluding hydrogens is 416 g/mol. The Kier molecular flexibility index (Phi) is 6.08. The van der Waals surface area contributed by atoms with E-state index in [-0.39, 0.29) is 29.4 Å². The molecule has 1 fully saturated rings. The number of anilines is 1. The molecule has 0 unspecified atom stereocenters. The van der Waals surface area contributed by atoms with Gasteiger partial charge in [-0.1, -0.05) is 23.9 Å². The zero-order valence-electron chi connectivity index (χ0n) is 16.7. The van der Waals surface area contributed by atoms with E-state index in [4.69, 9.17) is 0 Å². The van der Waals surface area contributed by atoms with Gasteiger partial charge in [0.1, 0.15) is 11.4 Å². The number of nitrogens with zero attached hydrogens (tertiary/aromatic N) is 4. The molecule has 0 atom stereocenters. The van der Waals surface area contributed by atoms with Gasteiger partial charge < -0.3 is 10.6 Å². The molecule has 1 saturated carbocycles. The Morgan fingerprint density at radius 2 is 2.00 bits per heavy atom. The van der Waals surface area contributed by atoms with Crippen molar-refractivity contribution in [3.05, 3.63) is 60.2 Å². The average Bonchev–Trinajstić information content (AvgIpc) is 3.43. The van der Waals surface area contributed by atoms with Crippen molar-refractivity contribution in [3.8, 4) is 5.82 Å². The minimum Gasteiger partial charge on any atom is -0.348 e. The van der Waals surface area contributed by atoms with E-state index in [1.165, 1.54) is 29.7 Å². The van der Waals surface area contributed by atoms with Crippen molar-refractivity contribution in [1.29, 1.82) is 0 Å². The molecule has 2 heterocycles. The van der Waals surface area contributed by atoms with E-state index < -0.39 is 0 Å². The Morgan fingerprint density at radius 3 is 2.77 bits per heavy atom. The van der Waals surface area contributed by atoms with Crippen molar-refractivity contribution in [2.45, 2.75) is 30.8 Å². The number of carbonyl (C=O) groups is 3. The van der Waals surface area contributed by atoms with Gasteiger partial charge in [-0.3, -0.25) is 14.4 Å². The molecule has 10 heteroatoms. The van der Waals surface area contributed by atoms with Crippen molar-refractivity contribution in [1.82, 2.24) is 25.1 Å². The smallest absolute Gasteiger partial charge is 0.272 e. The second-order valence-corrected chi connectivity index (χ2v) is 8.08. The first kappa shape index (κ1) is 20.7. The van der Waals surface area contributed by atoms with E-state index >= 15 is 0 Å². The lowest BCUT2D eigenvalue weighted by Gasteiger charge is -2.07. The highest BCUT2D eigenvalue weighted by molar-refractivity contribution is 7.99. The van der Waals surface area contributed by atoms with Crippen LogP contribution in [0.4, 0.5) is 5.69 Å². The number of carbonyl (C=O) groups excluding carboxylic acids is 3. The number of rotatable bonds is 8. The first-order chi connectivity index (χ1) is 15.0. The summed E-state index contributed by atoms with van der Waals surface area (Å²) >= 11 is 1.25. The summed E-state index contributed by atoms with van der Waals surface area (Å²) in [5.41, 5.74) is 1.43. The van der Waals surface area contributed by atoms with Crippen LogP contribution >= 0.6 is 11.8 Å². The summed E-state index contributed by atoms with van der Waals surface area (Å²) in [5, 5.41) is 10.5. The minimum absolute atomic E-state index is 0.0641. The van der Waals surface area contributed by atoms with Crippen molar-refractivity contribution in [3.63, 3.8) is 0 Å². The Morgan fingerprint density at radius 1 is 1.16 bits per heavy atom. The maximum Gasteiger partial charge on any atom is 0.272 e. The number of amides is 2. The van der Waals surface area contributed by atoms with E-state index in [2.05, 4.69) is 25.7 Å². The van der Waals surface area contributed by atoms with Gasteiger partial charge in [-0.05, 0) is 38.0 Å². The molecule has 0 radical (unpaired) electrons. The predicted molar refractivity (Wildman–Crippen MR) is 115 cm³/mol. The second kappa shape index (κ2) is 9.09. The summed E-state index contributed by atoms with van der Waals surface area (Å²) in [6, 6.07) is 10.4. The molecule has 31 heavy (non-hydrogen) atoms. The predicted octanol–water partition coefficient (Wildman–Crippen LogP) is 2.49. The van der Waals surface area contributed by atoms with E-state index in [0.29, 0.717) is 27.8 Å². The summed E-state index contributed by atoms with van der Waals surface area (Å²) in [4.78, 5) is 44.2. The SMILES string of the molecule is CC(=O)c1cccc(NC(=O)CSc2cc(-n3ccc(C(=O)NC4CC4)n3)ncn2)c1. The van der Waals surface area contributed by atoms with Crippen molar-refractivity contribution < 1.29 is 14.4 Å². The maximum absolute atomic E-state index is 12.3. The number of Topliss-reactive ketones (excluding diaryl/α,β-unsaturated/α-hetero) is 1. The fourth-order valence-electron chi connectivity index (χ4n) is 2.75. The molecule has 9 nitrogen and oxygen atoms in total. The molecule has 0 aliphatic heterocycles. The lowest BCUT2D eigenvalue weighted by molar-refractivity contribution is -0.113. The third-order valence-electron chi connectivity index (χ3n) is 4.50. The highest BCUT2D eigenvalue weighted by Gasteiger charge is 2.24. The molecule has 0 saturated heterocycles. The molecule has 2 aromatic heterocycles. The topological polar surface area (TPSA) is 119 Å². The van der Waals surface area contributed by atoms with E-state index in [1.54, 1.807) is 42.6 Å². The van der Waals surface area contributed by atoms with Gasteiger partial charge >= 0.3 is 0 Å². The summed E-state index contributed by atoms with van der Waals surface area (Å²) in [5.74, 6) is 0.150. The first-order valence-electron chi connectivity index (χ1n) is 9.70. The van der Waals surface area contributed by atoms with Crippen LogP contribution in [0.5, 0.6) is 0 Å². The molecule has 1 aliphatic rings. The summed E-state index contributed by atoms with van der Waals surface area (Å²) < 4.78 is 1.50. The molecule has 1 aromatic carbocycles. The Hall–Kier alpha value is -3.53. The standard InChI is InChI=1S/C21H20N6O3S/c1-13(28)14-3-2-4-16(9-14)24-19(29)11-31-20-10-18(22-12-23-20)27-8-7-17(26-27)21(30)25-15-5-6-15/h2-4,7-10,12,15H,5-6,11H2,1H3,(H,24,29)(H,25,30). The molecule has 0 spiro atoms. The quantitative estimate of drug-likeness (QED) is 0.316. The minimum atomic E-state index is -0.219. The van der Waals surface area contributed by atoms with Gasteiger partial charge in [-0.2, -0.15) is 5.10 Å². The van der Waals surface area contributed by atoms with E-state index in [0.717, 1.165) is 12.8 Å². The molecule has 2 N–H and O–H groups in total. The van der Waals surface area contributed by atoms with Crippen LogP contribution in [-0.2, 0) is 4.79 Å². The van der Waals surface area contributed by atoms with Gasteiger partial charge in [0.05, 0.1) is 5.75 Å². The average molecular weight is 436 g/mol. The number of nitrogens with one attached hydrogen (secondary N) is 2. The van der Waals surface area contributed by atoms with Gasteiger partial charge in [-0.25, -0.2) is 14.6 Å². The van der Waals surface area contributed by atoms with Gasteiger partial charge in [-0.15, -0.1) is 0 Å². The number of aromatic nitrogens is 4. The van der Waals surface area contributed by atoms with Gasteiger partial charge in [0, 0.05) is 29.6 Å². The fraction of sp³-hybridized carbons (Fsp3) is 0.238. The number of hydrogen-bond acceptors (Lipinski definition) is 7. The highest BCUT2D eigenvalue weighted by atomic mass is 32.2. The maximum atomic E-state index is 12.3. The Bertz CT molecular complexity index is 1140. The Balaban J connectivity index is 1.36. The second-order valence-electron chi connectivity index (χ2n) is 7.08. The number of hydrogen-bond donors (Lipinski definition) is 2. The van der Waals surface area contributed by atoms with Crippen molar-refractivity contribution >= 4 is 35.0 Å². The van der Waals surface area contributed by atoms with Gasteiger partial charge in [0.2, 0.25) is 5.91 Å². The first-order valence-corrected chi connectivity index (χ1v) is 10.7. The van der Waals surface area contributed by atoms with E-state index in [9.17, 15) is 14.4 Å². The molecule has 0 bridgehead atoms. The summed E-state index contributed by atoms with van der Waals surface area (Å²) in [6.07, 6.45) is 5.06. The molecule has 1 aliphatic carbocycles. The largest absolute Gasteiger partial charge is 0.348 e. The number of ketones is 1. The monoisotopic (exact) mass is 436 g/mol. The van der Waals surface area contributed by atoms with E-state index in [1.807, 2.05) is 0 Å². The van der Waals surface area contributed by atoms with Crippen LogP contribution in [0, 0.1) is 0 Å². The zero-order chi connectivity index (χ0) is 21.8. The number of benzene rings is 1. The van der Waals surface area contributed by atoms with Crippen LogP contribution in [0.2, 0.25) is 0 Å². The molecular formula is C21H20N6O3S. The lowest BCUT2D eigenvalue weighted by Crippen LogP contribution is -2.25. The number of thioether (sulfide) groups is 1. The van der Waals surface area contributed by atoms with Gasteiger partial charge in [0.15, 0.2) is 17.3 Å². The lowest BCUT2D eigenvalue weighted by atomic mass is 10.1. The van der Waals surface area contributed by atoms with Crippen LogP contribution in [-0.4, -0.2) is 49.1 Å². The molecule has 2 amide bonds. The molecule has 3 aromatic rings. The zero-order valence-corrected chi connectivity index (χ0v) is 17.6. The van der Waals surface area contributed by atoms with Crippen LogP contribution < -0.4 is 10.6 Å². The van der Waals surface area contributed by atoms with Crippen LogP contribution in [0.1, 0.15) is 40.6 Å². The van der Waals surface area contributed by atoms with Crippen LogP contribution in [0.3, 0.4) is 0 Å². The third-order valence-corrected chi connectivity index (χ3v) is 5.43. The summed E-state index contributed by atoms with van der Waals surface area (Å²) in [6.45, 7) is 1.48. The highest BCUT2D eigenvalue weighted by Crippen LogP contribution is 2.20. The third kappa shape index (κ3) is 5.54. The summed E-state index contributed by atoms with van der Waals surface area (Å²) in [7, 11) is 0. The van der Waals surface area contributed by atoms with Crippen molar-refractivity contribution in [2.24, 2.45) is 0 Å².